The predicted octanol–water partition coefficient (Wildman–Crippen LogP) is 6.27. The van der Waals surface area contributed by atoms with Crippen molar-refractivity contribution in [1.29, 1.82) is 0 Å². The second kappa shape index (κ2) is 9.72. The first-order valence-corrected chi connectivity index (χ1v) is 8.54. The van der Waals surface area contributed by atoms with E-state index in [1.807, 2.05) is 18.2 Å². The second-order valence-corrected chi connectivity index (χ2v) is 5.91. The summed E-state index contributed by atoms with van der Waals surface area (Å²) in [7, 11) is 0. The second-order valence-electron chi connectivity index (χ2n) is 5.91. The third-order valence-electron chi connectivity index (χ3n) is 3.77. The molecule has 0 unspecified atom stereocenters. The lowest BCUT2D eigenvalue weighted by atomic mass is 10.0. The summed E-state index contributed by atoms with van der Waals surface area (Å²) in [4.78, 5) is 0. The topological polar surface area (TPSA) is 9.23 Å². The van der Waals surface area contributed by atoms with E-state index < -0.39 is 6.36 Å². The average molecular weight is 358 g/mol. The molecule has 0 saturated carbocycles. The number of benzene rings is 2. The first-order valence-electron chi connectivity index (χ1n) is 8.54. The molecule has 0 fully saturated rings. The first kappa shape index (κ1) is 19.7. The van der Waals surface area contributed by atoms with E-state index in [0.717, 1.165) is 24.8 Å². The molecule has 0 spiro atoms. The molecule has 0 radical (unpaired) electrons. The lowest BCUT2D eigenvalue weighted by Crippen LogP contribution is -2.16. The highest BCUT2D eigenvalue weighted by Gasteiger charge is 2.30. The molecule has 1 nitrogen and oxygen atoms in total. The Morgan fingerprint density at radius 2 is 1.42 bits per heavy atom. The Balaban J connectivity index is 1.88. The van der Waals surface area contributed by atoms with Crippen molar-refractivity contribution in [2.24, 2.45) is 0 Å². The van der Waals surface area contributed by atoms with Crippen LogP contribution in [0.3, 0.4) is 0 Å². The quantitative estimate of drug-likeness (QED) is 0.322. The predicted molar refractivity (Wildman–Crippen MR) is 97.9 cm³/mol. The molecule has 136 valence electrons. The zero-order valence-electron chi connectivity index (χ0n) is 14.5. The summed E-state index contributed by atoms with van der Waals surface area (Å²) in [6.45, 7) is 3.72. The monoisotopic (exact) mass is 358 g/mol. The van der Waals surface area contributed by atoms with Crippen LogP contribution in [-0.4, -0.2) is 6.36 Å². The summed E-state index contributed by atoms with van der Waals surface area (Å²) < 4.78 is 40.2. The summed E-state index contributed by atoms with van der Waals surface area (Å²) in [5, 5.41) is 0. The molecular formula is C22H21F3O. The van der Waals surface area contributed by atoms with Crippen LogP contribution in [0.4, 0.5) is 13.2 Å². The highest BCUT2D eigenvalue weighted by atomic mass is 19.4. The Hall–Kier alpha value is -2.67. The van der Waals surface area contributed by atoms with Crippen LogP contribution in [-0.2, 0) is 6.42 Å². The zero-order chi connectivity index (χ0) is 18.8. The summed E-state index contributed by atoms with van der Waals surface area (Å²) in [6, 6.07) is 13.6. The molecule has 0 aliphatic carbocycles. The van der Waals surface area contributed by atoms with E-state index in [0.29, 0.717) is 5.56 Å². The normalized spacial score (nSPS) is 10.7. The van der Waals surface area contributed by atoms with E-state index >= 15 is 0 Å². The van der Waals surface area contributed by atoms with Crippen molar-refractivity contribution in [1.82, 2.24) is 0 Å². The number of aryl methyl sites for hydroxylation is 1. The van der Waals surface area contributed by atoms with E-state index in [9.17, 15) is 13.2 Å². The average Bonchev–Trinajstić information content (AvgIpc) is 2.61. The van der Waals surface area contributed by atoms with Gasteiger partial charge in [0.05, 0.1) is 0 Å². The van der Waals surface area contributed by atoms with Crippen molar-refractivity contribution in [3.63, 3.8) is 0 Å². The minimum Gasteiger partial charge on any atom is -0.406 e. The Kier molecular flexibility index (Phi) is 7.35. The molecule has 4 heteroatoms. The van der Waals surface area contributed by atoms with Gasteiger partial charge in [-0.3, -0.25) is 0 Å². The van der Waals surface area contributed by atoms with E-state index in [1.165, 1.54) is 42.7 Å². The van der Waals surface area contributed by atoms with Crippen molar-refractivity contribution >= 4 is 0 Å². The van der Waals surface area contributed by atoms with Crippen LogP contribution in [0.25, 0.3) is 0 Å². The van der Waals surface area contributed by atoms with E-state index in [1.54, 1.807) is 0 Å². The minimum atomic E-state index is -4.68. The van der Waals surface area contributed by atoms with Gasteiger partial charge in [0.25, 0.3) is 0 Å². The number of hydrogen-bond donors (Lipinski definition) is 0. The Bertz CT molecular complexity index is 747. The molecule has 2 aromatic carbocycles. The van der Waals surface area contributed by atoms with Crippen molar-refractivity contribution in [2.75, 3.05) is 0 Å². The van der Waals surface area contributed by atoms with Gasteiger partial charge in [-0.15, -0.1) is 19.8 Å². The van der Waals surface area contributed by atoms with Crippen molar-refractivity contribution in [2.45, 2.75) is 38.5 Å². The maximum Gasteiger partial charge on any atom is 0.573 e. The highest BCUT2D eigenvalue weighted by molar-refractivity contribution is 5.44. The molecule has 0 atom stereocenters. The molecule has 26 heavy (non-hydrogen) atoms. The number of alkyl halides is 3. The highest BCUT2D eigenvalue weighted by Crippen LogP contribution is 2.22. The van der Waals surface area contributed by atoms with Crippen LogP contribution < -0.4 is 4.74 Å². The minimum absolute atomic E-state index is 0.250. The molecule has 0 N–H and O–H groups in total. The summed E-state index contributed by atoms with van der Waals surface area (Å²) in [5.41, 5.74) is 2.78. The molecule has 0 saturated heterocycles. The molecule has 0 aromatic heterocycles. The molecular weight excluding hydrogens is 337 g/mol. The van der Waals surface area contributed by atoms with Gasteiger partial charge < -0.3 is 4.74 Å². The van der Waals surface area contributed by atoms with Gasteiger partial charge in [-0.1, -0.05) is 36.5 Å². The van der Waals surface area contributed by atoms with Gasteiger partial charge >= 0.3 is 6.36 Å². The maximum atomic E-state index is 12.1. The van der Waals surface area contributed by atoms with E-state index in [2.05, 4.69) is 35.3 Å². The lowest BCUT2D eigenvalue weighted by molar-refractivity contribution is -0.274. The molecule has 2 rings (SSSR count). The number of rotatable bonds is 7. The Labute approximate surface area is 152 Å². The van der Waals surface area contributed by atoms with Gasteiger partial charge in [-0.2, -0.15) is 0 Å². The third-order valence-corrected chi connectivity index (χ3v) is 3.77. The number of hydrogen-bond acceptors (Lipinski definition) is 1. The molecule has 0 amide bonds. The SMILES string of the molecule is C=CCCCCCc1ccc(C#Cc2ccc(OC(F)(F)F)cc2)cc1. The van der Waals surface area contributed by atoms with Gasteiger partial charge in [-0.05, 0) is 67.6 Å². The van der Waals surface area contributed by atoms with E-state index in [4.69, 9.17) is 0 Å². The van der Waals surface area contributed by atoms with Crippen molar-refractivity contribution < 1.29 is 17.9 Å². The van der Waals surface area contributed by atoms with Crippen LogP contribution in [0.15, 0.2) is 61.2 Å². The Morgan fingerprint density at radius 1 is 0.846 bits per heavy atom. The molecule has 0 aliphatic heterocycles. The fraction of sp³-hybridized carbons (Fsp3) is 0.273. The summed E-state index contributed by atoms with van der Waals surface area (Å²) >= 11 is 0. The summed E-state index contributed by atoms with van der Waals surface area (Å²) in [6.07, 6.45) is 2.92. The Morgan fingerprint density at radius 3 is 1.96 bits per heavy atom. The number of ether oxygens (including phenoxy) is 1. The van der Waals surface area contributed by atoms with Crippen LogP contribution in [0.1, 0.15) is 42.4 Å². The lowest BCUT2D eigenvalue weighted by Gasteiger charge is -2.07. The van der Waals surface area contributed by atoms with Crippen molar-refractivity contribution in [3.05, 3.63) is 77.9 Å². The van der Waals surface area contributed by atoms with E-state index in [-0.39, 0.29) is 5.75 Å². The number of halogens is 3. The molecule has 0 bridgehead atoms. The van der Waals surface area contributed by atoms with Crippen LogP contribution in [0.2, 0.25) is 0 Å². The van der Waals surface area contributed by atoms with Gasteiger partial charge in [0.2, 0.25) is 0 Å². The smallest absolute Gasteiger partial charge is 0.406 e. The van der Waals surface area contributed by atoms with Crippen molar-refractivity contribution in [3.8, 4) is 17.6 Å². The zero-order valence-corrected chi connectivity index (χ0v) is 14.5. The standard InChI is InChI=1S/C22H21F3O/c1-2-3-4-5-6-7-18-8-10-19(11-9-18)12-13-20-14-16-21(17-15-20)26-22(23,24)25/h2,8-11,14-17H,1,3-7H2. The van der Waals surface area contributed by atoms with Gasteiger partial charge in [0.1, 0.15) is 5.75 Å². The molecule has 0 aliphatic rings. The number of unbranched alkanes of at least 4 members (excludes halogenated alkanes) is 3. The summed E-state index contributed by atoms with van der Waals surface area (Å²) in [5.74, 6) is 5.71. The maximum absolute atomic E-state index is 12.1. The van der Waals surface area contributed by atoms with Crippen LogP contribution in [0, 0.1) is 11.8 Å². The van der Waals surface area contributed by atoms with Gasteiger partial charge in [0, 0.05) is 11.1 Å². The molecule has 0 heterocycles. The van der Waals surface area contributed by atoms with Gasteiger partial charge in [-0.25, -0.2) is 0 Å². The third kappa shape index (κ3) is 7.48. The number of allylic oxidation sites excluding steroid dienone is 1. The van der Waals surface area contributed by atoms with Crippen LogP contribution >= 0.6 is 0 Å². The largest absolute Gasteiger partial charge is 0.573 e. The van der Waals surface area contributed by atoms with Gasteiger partial charge in [0.15, 0.2) is 0 Å². The fourth-order valence-corrected chi connectivity index (χ4v) is 2.43. The first-order chi connectivity index (χ1) is 12.5. The molecule has 2 aromatic rings. The van der Waals surface area contributed by atoms with Crippen LogP contribution in [0.5, 0.6) is 5.75 Å². The fourth-order valence-electron chi connectivity index (χ4n) is 2.43.